The Balaban J connectivity index is 3.28. The zero-order valence-electron chi connectivity index (χ0n) is 5.01. The number of halogens is 2. The van der Waals surface area contributed by atoms with Crippen LogP contribution in [-0.2, 0) is 0 Å². The van der Waals surface area contributed by atoms with Crippen molar-refractivity contribution >= 4 is 5.82 Å². The lowest BCUT2D eigenvalue weighted by Crippen LogP contribution is -2.47. The molecule has 5 heteroatoms. The van der Waals surface area contributed by atoms with Crippen LogP contribution in [0.15, 0.2) is 12.3 Å². The predicted molar refractivity (Wildman–Crippen MR) is 31.1 cm³/mol. The number of aromatic nitrogens is 1. The topological polar surface area (TPSA) is 55.9 Å². The van der Waals surface area contributed by atoms with Crippen LogP contribution in [0.2, 0.25) is 0 Å². The minimum absolute atomic E-state index is 0.0288. The summed E-state index contributed by atoms with van der Waals surface area (Å²) in [6.07, 6.45) is 0.769. The van der Waals surface area contributed by atoms with Crippen molar-refractivity contribution in [3.05, 3.63) is 23.9 Å². The van der Waals surface area contributed by atoms with E-state index in [1.54, 1.807) is 0 Å². The van der Waals surface area contributed by atoms with Crippen LogP contribution in [0.4, 0.5) is 14.6 Å². The Kier molecular flexibility index (Phi) is 1.41. The Labute approximate surface area is 55.8 Å². The summed E-state index contributed by atoms with van der Waals surface area (Å²) in [5.74, 6) is 3.03. The quantitative estimate of drug-likeness (QED) is 0.384. The molecule has 0 bridgehead atoms. The first-order valence-electron chi connectivity index (χ1n) is 2.52. The first kappa shape index (κ1) is 6.73. The van der Waals surface area contributed by atoms with Gasteiger partial charge in [-0.3, -0.25) is 11.6 Å². The molecule has 1 rings (SSSR count). The number of nitrogens with zero attached hydrogens (tertiary/aromatic N) is 1. The van der Waals surface area contributed by atoms with Crippen molar-refractivity contribution in [1.82, 2.24) is 0 Å². The van der Waals surface area contributed by atoms with E-state index in [1.165, 1.54) is 0 Å². The van der Waals surface area contributed by atoms with Crippen LogP contribution in [0.5, 0.6) is 0 Å². The summed E-state index contributed by atoms with van der Waals surface area (Å²) >= 11 is 0. The maximum absolute atomic E-state index is 12.2. The van der Waals surface area contributed by atoms with E-state index in [0.29, 0.717) is 0 Å². The third-order valence-electron chi connectivity index (χ3n) is 1.05. The first-order chi connectivity index (χ1) is 4.61. The molecule has 0 aliphatic carbocycles. The normalized spacial score (nSPS) is 9.80. The van der Waals surface area contributed by atoms with E-state index in [1.807, 2.05) is 0 Å². The maximum Gasteiger partial charge on any atom is 0.298 e. The number of anilines is 1. The lowest BCUT2D eigenvalue weighted by molar-refractivity contribution is -0.625. The number of nitrogens with two attached hydrogens (primary N) is 2. The molecular formula is C5H6F2N3+. The van der Waals surface area contributed by atoms with Crippen LogP contribution < -0.4 is 16.3 Å². The molecular weight excluding hydrogens is 140 g/mol. The van der Waals surface area contributed by atoms with Gasteiger partial charge in [-0.1, -0.05) is 0 Å². The molecule has 0 saturated heterocycles. The van der Waals surface area contributed by atoms with Crippen molar-refractivity contribution in [3.63, 3.8) is 0 Å². The molecule has 1 aromatic heterocycles. The highest BCUT2D eigenvalue weighted by Crippen LogP contribution is 2.02. The number of pyridine rings is 1. The Hall–Kier alpha value is -1.39. The molecule has 0 aliphatic heterocycles. The standard InChI is InChI=1S/C5H5F2N3/c6-3-1-5(8)10(9)2-4(3)7/h1-2,8H,9H2/p+1. The minimum Gasteiger partial charge on any atom is -0.285 e. The fourth-order valence-electron chi connectivity index (χ4n) is 0.532. The van der Waals surface area contributed by atoms with Gasteiger partial charge in [0.25, 0.3) is 5.82 Å². The molecule has 0 aromatic carbocycles. The molecule has 54 valence electrons. The molecule has 0 spiro atoms. The van der Waals surface area contributed by atoms with Gasteiger partial charge in [-0.2, -0.15) is 4.39 Å². The molecule has 0 radical (unpaired) electrons. The first-order valence-corrected chi connectivity index (χ1v) is 2.52. The predicted octanol–water partition coefficient (Wildman–Crippen LogP) is -0.452. The van der Waals surface area contributed by atoms with Crippen LogP contribution in [0, 0.1) is 11.6 Å². The molecule has 0 saturated carbocycles. The Morgan fingerprint density at radius 3 is 2.40 bits per heavy atom. The van der Waals surface area contributed by atoms with E-state index in [-0.39, 0.29) is 5.82 Å². The SMILES string of the molecule is Nc1cc(F)c(F)c[n+]1N. The van der Waals surface area contributed by atoms with Crippen LogP contribution >= 0.6 is 0 Å². The summed E-state index contributed by atoms with van der Waals surface area (Å²) in [5.41, 5.74) is 5.12. The van der Waals surface area contributed by atoms with Crippen molar-refractivity contribution < 1.29 is 13.5 Å². The molecule has 4 N–H and O–H groups in total. The van der Waals surface area contributed by atoms with Crippen LogP contribution in [-0.4, -0.2) is 0 Å². The molecule has 0 aliphatic rings. The lowest BCUT2D eigenvalue weighted by atomic mass is 10.4. The summed E-state index contributed by atoms with van der Waals surface area (Å²) in [6, 6.07) is 0.815. The summed E-state index contributed by atoms with van der Waals surface area (Å²) < 4.78 is 25.3. The molecule has 0 fully saturated rings. The number of hydrogen-bond acceptors (Lipinski definition) is 2. The monoisotopic (exact) mass is 146 g/mol. The Morgan fingerprint density at radius 1 is 1.30 bits per heavy atom. The van der Waals surface area contributed by atoms with Gasteiger partial charge in [0.05, 0.1) is 6.07 Å². The number of hydrogen-bond donors (Lipinski definition) is 2. The van der Waals surface area contributed by atoms with Crippen molar-refractivity contribution in [1.29, 1.82) is 0 Å². The second-order valence-electron chi connectivity index (χ2n) is 1.80. The van der Waals surface area contributed by atoms with Gasteiger partial charge < -0.3 is 0 Å². The summed E-state index contributed by atoms with van der Waals surface area (Å²) in [7, 11) is 0. The fourth-order valence-corrected chi connectivity index (χ4v) is 0.532. The van der Waals surface area contributed by atoms with E-state index >= 15 is 0 Å². The second-order valence-corrected chi connectivity index (χ2v) is 1.80. The van der Waals surface area contributed by atoms with Gasteiger partial charge >= 0.3 is 0 Å². The van der Waals surface area contributed by atoms with Crippen molar-refractivity contribution in [3.8, 4) is 0 Å². The zero-order valence-corrected chi connectivity index (χ0v) is 5.01. The van der Waals surface area contributed by atoms with Gasteiger partial charge in [-0.15, -0.1) is 4.68 Å². The van der Waals surface area contributed by atoms with E-state index in [0.717, 1.165) is 16.9 Å². The van der Waals surface area contributed by atoms with Gasteiger partial charge in [0.2, 0.25) is 5.82 Å². The van der Waals surface area contributed by atoms with Crippen LogP contribution in [0.3, 0.4) is 0 Å². The summed E-state index contributed by atoms with van der Waals surface area (Å²) in [4.78, 5) is 0. The van der Waals surface area contributed by atoms with Crippen LogP contribution in [0.25, 0.3) is 0 Å². The van der Waals surface area contributed by atoms with E-state index < -0.39 is 11.6 Å². The largest absolute Gasteiger partial charge is 0.298 e. The average Bonchev–Trinajstić information content (AvgIpc) is 1.84. The van der Waals surface area contributed by atoms with E-state index in [9.17, 15) is 8.78 Å². The second kappa shape index (κ2) is 2.09. The van der Waals surface area contributed by atoms with Gasteiger partial charge in [0.1, 0.15) is 0 Å². The third kappa shape index (κ3) is 0.975. The Morgan fingerprint density at radius 2 is 1.90 bits per heavy atom. The van der Waals surface area contributed by atoms with Gasteiger partial charge in [0, 0.05) is 0 Å². The van der Waals surface area contributed by atoms with Crippen molar-refractivity contribution in [2.75, 3.05) is 11.6 Å². The third-order valence-corrected chi connectivity index (χ3v) is 1.05. The average molecular weight is 146 g/mol. The smallest absolute Gasteiger partial charge is 0.285 e. The number of nitrogen functional groups attached to an aromatic ring is 2. The summed E-state index contributed by atoms with van der Waals surface area (Å²) in [6.45, 7) is 0. The fraction of sp³-hybridized carbons (Fsp3) is 0. The minimum atomic E-state index is -1.02. The maximum atomic E-state index is 12.2. The molecule has 1 aromatic rings. The lowest BCUT2D eigenvalue weighted by Gasteiger charge is -1.94. The molecule has 0 unspecified atom stereocenters. The van der Waals surface area contributed by atoms with Gasteiger partial charge in [-0.25, -0.2) is 4.39 Å². The molecule has 10 heavy (non-hydrogen) atoms. The van der Waals surface area contributed by atoms with E-state index in [2.05, 4.69) is 0 Å². The van der Waals surface area contributed by atoms with E-state index in [4.69, 9.17) is 11.6 Å². The molecule has 0 atom stereocenters. The molecule has 3 nitrogen and oxygen atoms in total. The van der Waals surface area contributed by atoms with Crippen LogP contribution in [0.1, 0.15) is 0 Å². The zero-order chi connectivity index (χ0) is 7.72. The molecule has 0 amide bonds. The highest BCUT2D eigenvalue weighted by molar-refractivity contribution is 5.20. The molecule has 1 heterocycles. The van der Waals surface area contributed by atoms with Crippen molar-refractivity contribution in [2.24, 2.45) is 0 Å². The van der Waals surface area contributed by atoms with Crippen molar-refractivity contribution in [2.45, 2.75) is 0 Å². The number of rotatable bonds is 0. The van der Waals surface area contributed by atoms with Gasteiger partial charge in [-0.05, 0) is 0 Å². The van der Waals surface area contributed by atoms with Gasteiger partial charge in [0.15, 0.2) is 12.0 Å². The summed E-state index contributed by atoms with van der Waals surface area (Å²) in [5, 5.41) is 0. The highest BCUT2D eigenvalue weighted by atomic mass is 19.2. The Bertz CT molecular complexity index is 211. The highest BCUT2D eigenvalue weighted by Gasteiger charge is 2.08.